The van der Waals surface area contributed by atoms with E-state index in [0.717, 1.165) is 14.3 Å². The van der Waals surface area contributed by atoms with Gasteiger partial charge >= 0.3 is 0 Å². The maximum atomic E-state index is 13.1. The summed E-state index contributed by atoms with van der Waals surface area (Å²) >= 11 is 17.5. The number of halogens is 3. The van der Waals surface area contributed by atoms with Crippen LogP contribution in [0.1, 0.15) is 10.4 Å². The van der Waals surface area contributed by atoms with E-state index in [0.29, 0.717) is 49.0 Å². The number of fused-ring (bicyclic) bond motifs is 2. The van der Waals surface area contributed by atoms with Crippen LogP contribution in [-0.4, -0.2) is 23.1 Å². The third-order valence-corrected chi connectivity index (χ3v) is 7.41. The van der Waals surface area contributed by atoms with Crippen molar-refractivity contribution in [2.24, 2.45) is 0 Å². The molecule has 180 valence electrons. The van der Waals surface area contributed by atoms with E-state index in [2.05, 4.69) is 54.1 Å². The zero-order chi connectivity index (χ0) is 25.4. The van der Waals surface area contributed by atoms with Gasteiger partial charge in [0.15, 0.2) is 10.7 Å². The molecule has 0 bridgehead atoms. The first-order valence-corrected chi connectivity index (χ1v) is 13.2. The van der Waals surface area contributed by atoms with Gasteiger partial charge in [-0.05, 0) is 104 Å². The molecule has 0 aliphatic carbocycles. The molecule has 0 spiro atoms. The van der Waals surface area contributed by atoms with Gasteiger partial charge in [0.2, 0.25) is 5.89 Å². The molecule has 0 aliphatic heterocycles. The van der Waals surface area contributed by atoms with Crippen molar-refractivity contribution in [3.8, 4) is 17.2 Å². The van der Waals surface area contributed by atoms with Crippen LogP contribution in [0.5, 0.6) is 5.75 Å². The van der Waals surface area contributed by atoms with E-state index in [-0.39, 0.29) is 5.11 Å². The SMILES string of the molecule is COc1c(C(=O)NC(=S)Nc2ccc3oc(-c4cc(I)ccc4Cl)nc3c2)cc2ccccc2c1Br. The number of nitrogens with one attached hydrogen (secondary N) is 2. The Bertz CT molecular complexity index is 1670. The van der Waals surface area contributed by atoms with Crippen LogP contribution in [0.15, 0.2) is 75.6 Å². The number of nitrogens with zero attached hydrogens (tertiary/aromatic N) is 1. The number of carbonyl (C=O) groups excluding carboxylic acids is 1. The molecule has 2 N–H and O–H groups in total. The predicted molar refractivity (Wildman–Crippen MR) is 159 cm³/mol. The number of ether oxygens (including phenoxy) is 1. The molecule has 4 aromatic carbocycles. The summed E-state index contributed by atoms with van der Waals surface area (Å²) in [5, 5.41) is 8.28. The standard InChI is InChI=1S/C26H16BrClIN3O3S/c1-34-23-18(10-13-4-2-3-5-16(13)22(23)27)24(33)32-26(36)30-15-7-9-21-20(12-15)31-25(35-21)17-11-14(29)6-8-19(17)28/h2-12H,1H3,(H2,30,32,33,36). The summed E-state index contributed by atoms with van der Waals surface area (Å²) in [6.45, 7) is 0. The highest BCUT2D eigenvalue weighted by molar-refractivity contribution is 14.1. The van der Waals surface area contributed by atoms with Gasteiger partial charge in [0.1, 0.15) is 11.3 Å². The molecule has 0 radical (unpaired) electrons. The monoisotopic (exact) mass is 691 g/mol. The van der Waals surface area contributed by atoms with Gasteiger partial charge < -0.3 is 14.5 Å². The fourth-order valence-electron chi connectivity index (χ4n) is 3.77. The van der Waals surface area contributed by atoms with Gasteiger partial charge in [-0.2, -0.15) is 0 Å². The maximum absolute atomic E-state index is 13.1. The molecule has 5 rings (SSSR count). The minimum absolute atomic E-state index is 0.134. The number of hydrogen-bond donors (Lipinski definition) is 2. The molecule has 1 heterocycles. The Morgan fingerprint density at radius 3 is 2.75 bits per heavy atom. The van der Waals surface area contributed by atoms with E-state index in [1.54, 1.807) is 24.3 Å². The molecule has 0 aliphatic rings. The molecule has 10 heteroatoms. The molecule has 0 atom stereocenters. The van der Waals surface area contributed by atoms with E-state index in [4.69, 9.17) is 33.0 Å². The third-order valence-electron chi connectivity index (χ3n) is 5.42. The molecule has 0 unspecified atom stereocenters. The first-order chi connectivity index (χ1) is 17.3. The Morgan fingerprint density at radius 1 is 1.14 bits per heavy atom. The van der Waals surface area contributed by atoms with Gasteiger partial charge in [-0.1, -0.05) is 35.9 Å². The molecule has 5 aromatic rings. The second kappa shape index (κ2) is 10.3. The number of oxazole rings is 1. The lowest BCUT2D eigenvalue weighted by molar-refractivity contribution is 0.0975. The van der Waals surface area contributed by atoms with Crippen LogP contribution in [0.25, 0.3) is 33.3 Å². The predicted octanol–water partition coefficient (Wildman–Crippen LogP) is 7.80. The smallest absolute Gasteiger partial charge is 0.261 e. The third kappa shape index (κ3) is 4.93. The van der Waals surface area contributed by atoms with Crippen molar-refractivity contribution < 1.29 is 13.9 Å². The van der Waals surface area contributed by atoms with Gasteiger partial charge in [0, 0.05) is 9.26 Å². The van der Waals surface area contributed by atoms with Crippen molar-refractivity contribution in [1.29, 1.82) is 0 Å². The van der Waals surface area contributed by atoms with Gasteiger partial charge in [-0.3, -0.25) is 10.1 Å². The van der Waals surface area contributed by atoms with E-state index in [9.17, 15) is 4.79 Å². The van der Waals surface area contributed by atoms with Gasteiger partial charge in [-0.25, -0.2) is 4.98 Å². The summed E-state index contributed by atoms with van der Waals surface area (Å²) in [4.78, 5) is 17.6. The average Bonchev–Trinajstić information content (AvgIpc) is 3.28. The number of carbonyl (C=O) groups is 1. The van der Waals surface area contributed by atoms with Crippen molar-refractivity contribution in [1.82, 2.24) is 10.3 Å². The minimum Gasteiger partial charge on any atom is -0.495 e. The molecule has 1 amide bonds. The molecule has 6 nitrogen and oxygen atoms in total. The van der Waals surface area contributed by atoms with Gasteiger partial charge in [0.25, 0.3) is 5.91 Å². The average molecular weight is 693 g/mol. The zero-order valence-electron chi connectivity index (χ0n) is 18.6. The summed E-state index contributed by atoms with van der Waals surface area (Å²) < 4.78 is 13.1. The number of methoxy groups -OCH3 is 1. The van der Waals surface area contributed by atoms with Crippen LogP contribution in [0.2, 0.25) is 5.02 Å². The first-order valence-electron chi connectivity index (χ1n) is 10.6. The molecular weight excluding hydrogens is 677 g/mol. The van der Waals surface area contributed by atoms with Crippen LogP contribution < -0.4 is 15.4 Å². The normalized spacial score (nSPS) is 11.0. The highest BCUT2D eigenvalue weighted by Gasteiger charge is 2.19. The molecule has 0 fully saturated rings. The Kier molecular flexibility index (Phi) is 7.16. The Hall–Kier alpha value is -2.73. The van der Waals surface area contributed by atoms with Crippen LogP contribution >= 0.6 is 62.3 Å². The van der Waals surface area contributed by atoms with Gasteiger partial charge in [0.05, 0.1) is 27.7 Å². The van der Waals surface area contributed by atoms with Crippen LogP contribution in [0.4, 0.5) is 5.69 Å². The topological polar surface area (TPSA) is 76.4 Å². The van der Waals surface area contributed by atoms with Crippen molar-refractivity contribution in [3.63, 3.8) is 0 Å². The molecule has 0 saturated heterocycles. The number of anilines is 1. The van der Waals surface area contributed by atoms with Crippen LogP contribution in [0, 0.1) is 3.57 Å². The molecule has 0 saturated carbocycles. The number of rotatable bonds is 4. The molecule has 1 aromatic heterocycles. The van der Waals surface area contributed by atoms with Crippen molar-refractivity contribution in [2.75, 3.05) is 12.4 Å². The Balaban J connectivity index is 1.36. The number of amides is 1. The lowest BCUT2D eigenvalue weighted by atomic mass is 10.1. The van der Waals surface area contributed by atoms with Crippen molar-refractivity contribution in [2.45, 2.75) is 0 Å². The maximum Gasteiger partial charge on any atom is 0.261 e. The highest BCUT2D eigenvalue weighted by atomic mass is 127. The fraction of sp³-hybridized carbons (Fsp3) is 0.0385. The Morgan fingerprint density at radius 2 is 1.94 bits per heavy atom. The molecular formula is C26H16BrClIN3O3S. The summed E-state index contributed by atoms with van der Waals surface area (Å²) in [6, 6.07) is 20.5. The Labute approximate surface area is 238 Å². The second-order valence-electron chi connectivity index (χ2n) is 7.73. The fourth-order valence-corrected chi connectivity index (χ4v) is 5.40. The summed E-state index contributed by atoms with van der Waals surface area (Å²) in [5.74, 6) is 0.462. The van der Waals surface area contributed by atoms with Crippen molar-refractivity contribution >= 4 is 101 Å². The van der Waals surface area contributed by atoms with Crippen LogP contribution in [-0.2, 0) is 0 Å². The summed E-state index contributed by atoms with van der Waals surface area (Å²) in [7, 11) is 1.52. The van der Waals surface area contributed by atoms with Crippen molar-refractivity contribution in [3.05, 3.63) is 85.4 Å². The second-order valence-corrected chi connectivity index (χ2v) is 10.6. The number of hydrogen-bond acceptors (Lipinski definition) is 5. The van der Waals surface area contributed by atoms with E-state index < -0.39 is 5.91 Å². The lowest BCUT2D eigenvalue weighted by Crippen LogP contribution is -2.34. The number of thiocarbonyl (C=S) groups is 1. The largest absolute Gasteiger partial charge is 0.495 e. The highest BCUT2D eigenvalue weighted by Crippen LogP contribution is 2.36. The minimum atomic E-state index is -0.395. The number of aromatic nitrogens is 1. The first kappa shape index (κ1) is 24.9. The summed E-state index contributed by atoms with van der Waals surface area (Å²) in [5.41, 5.74) is 2.95. The van der Waals surface area contributed by atoms with Gasteiger partial charge in [-0.15, -0.1) is 0 Å². The lowest BCUT2D eigenvalue weighted by Gasteiger charge is -2.14. The molecule has 36 heavy (non-hydrogen) atoms. The zero-order valence-corrected chi connectivity index (χ0v) is 23.9. The van der Waals surface area contributed by atoms with E-state index in [1.807, 2.05) is 42.5 Å². The van der Waals surface area contributed by atoms with E-state index in [1.165, 1.54) is 7.11 Å². The number of benzene rings is 4. The quantitative estimate of drug-likeness (QED) is 0.148. The van der Waals surface area contributed by atoms with E-state index >= 15 is 0 Å². The summed E-state index contributed by atoms with van der Waals surface area (Å²) in [6.07, 6.45) is 0. The van der Waals surface area contributed by atoms with Crippen LogP contribution in [0.3, 0.4) is 0 Å².